The average molecular weight is 361 g/mol. The van der Waals surface area contributed by atoms with Crippen molar-refractivity contribution in [3.05, 3.63) is 80.6 Å². The van der Waals surface area contributed by atoms with E-state index in [1.54, 1.807) is 0 Å². The molecule has 0 radical (unpaired) electrons. The van der Waals surface area contributed by atoms with Crippen LogP contribution >= 0.6 is 46.2 Å². The molecule has 110 valence electrons. The van der Waals surface area contributed by atoms with Gasteiger partial charge in [-0.1, -0.05) is 83.3 Å². The molecule has 3 aromatic rings. The first-order valence-electron chi connectivity index (χ1n) is 6.88. The highest BCUT2D eigenvalue weighted by molar-refractivity contribution is 8.08. The maximum Gasteiger partial charge on any atom is 0.289 e. The van der Waals surface area contributed by atoms with Crippen molar-refractivity contribution in [2.24, 2.45) is 0 Å². The van der Waals surface area contributed by atoms with Crippen molar-refractivity contribution >= 4 is 46.2 Å². The first-order valence-corrected chi connectivity index (χ1v) is 10.3. The second-order valence-electron chi connectivity index (χ2n) is 4.93. The van der Waals surface area contributed by atoms with Gasteiger partial charge in [0.1, 0.15) is 0 Å². The summed E-state index contributed by atoms with van der Waals surface area (Å²) >= 11 is 6.47. The van der Waals surface area contributed by atoms with Crippen LogP contribution in [0.5, 0.6) is 0 Å². The quantitative estimate of drug-likeness (QED) is 0.570. The van der Waals surface area contributed by atoms with Gasteiger partial charge >= 0.3 is 0 Å². The molecule has 0 spiro atoms. The summed E-state index contributed by atoms with van der Waals surface area (Å²) in [4.78, 5) is 11.8. The van der Waals surface area contributed by atoms with E-state index in [4.69, 9.17) is 0 Å². The van der Waals surface area contributed by atoms with E-state index in [1.165, 1.54) is 42.2 Å². The van der Waals surface area contributed by atoms with E-state index >= 15 is 0 Å². The second kappa shape index (κ2) is 6.24. The number of hydrogen-bond acceptors (Lipinski definition) is 5. The summed E-state index contributed by atoms with van der Waals surface area (Å²) in [5, 5.41) is 0.678. The molecule has 22 heavy (non-hydrogen) atoms. The van der Waals surface area contributed by atoms with Crippen molar-refractivity contribution in [3.8, 4) is 0 Å². The molecule has 0 saturated heterocycles. The Morgan fingerprint density at radius 3 is 1.45 bits per heavy atom. The lowest BCUT2D eigenvalue weighted by molar-refractivity contribution is 0.897. The Morgan fingerprint density at radius 1 is 0.636 bits per heavy atom. The lowest BCUT2D eigenvalue weighted by Gasteiger charge is -2.30. The summed E-state index contributed by atoms with van der Waals surface area (Å²) in [6.07, 6.45) is 0. The molecule has 2 heterocycles. The van der Waals surface area contributed by atoms with Crippen LogP contribution in [0, 0.1) is 0 Å². The topological polar surface area (TPSA) is 17.1 Å². The lowest BCUT2D eigenvalue weighted by Crippen LogP contribution is -2.08. The molecule has 2 unspecified atom stereocenters. The third-order valence-corrected chi connectivity index (χ3v) is 9.33. The highest BCUT2D eigenvalue weighted by atomic mass is 32.2. The maximum atomic E-state index is 11.8. The fraction of sp³-hybridized carbons (Fsp3) is 0.118. The van der Waals surface area contributed by atoms with Gasteiger partial charge in [-0.05, 0) is 11.1 Å². The fourth-order valence-corrected chi connectivity index (χ4v) is 8.65. The van der Waals surface area contributed by atoms with Crippen molar-refractivity contribution < 1.29 is 0 Å². The lowest BCUT2D eigenvalue weighted by atomic mass is 10.0. The first-order chi connectivity index (χ1) is 10.8. The Balaban J connectivity index is 1.80. The van der Waals surface area contributed by atoms with Gasteiger partial charge in [0, 0.05) is 0 Å². The molecule has 1 aromatic heterocycles. The van der Waals surface area contributed by atoms with Crippen LogP contribution in [0.4, 0.5) is 0 Å². The van der Waals surface area contributed by atoms with Gasteiger partial charge in [0.15, 0.2) is 0 Å². The van der Waals surface area contributed by atoms with E-state index in [2.05, 4.69) is 60.7 Å². The van der Waals surface area contributed by atoms with E-state index in [9.17, 15) is 4.79 Å². The van der Waals surface area contributed by atoms with Gasteiger partial charge in [-0.3, -0.25) is 4.79 Å². The molecule has 0 bridgehead atoms. The minimum Gasteiger partial charge on any atom is -0.265 e. The van der Waals surface area contributed by atoms with Crippen LogP contribution in [-0.2, 0) is 0 Å². The third-order valence-electron chi connectivity index (χ3n) is 3.52. The molecule has 0 saturated carbocycles. The molecule has 5 heteroatoms. The minimum absolute atomic E-state index is 0.200. The summed E-state index contributed by atoms with van der Waals surface area (Å²) in [7, 11) is 0. The second-order valence-corrected chi connectivity index (χ2v) is 9.97. The minimum atomic E-state index is 0.200. The Kier molecular flexibility index (Phi) is 4.13. The van der Waals surface area contributed by atoms with E-state index in [0.29, 0.717) is 10.5 Å². The normalized spacial score (nSPS) is 20.5. The Bertz CT molecular complexity index is 755. The largest absolute Gasteiger partial charge is 0.289 e. The maximum absolute atomic E-state index is 11.8. The first kappa shape index (κ1) is 14.6. The standard InChI is InChI=1S/C17H12OS4/c18-17-21-15-16(22-17)20-14(12-9-5-2-6-10-12)13(19-15)11-7-3-1-4-8-11/h1-10,13-14H. The fourth-order valence-electron chi connectivity index (χ4n) is 2.53. The molecule has 4 rings (SSSR count). The summed E-state index contributed by atoms with van der Waals surface area (Å²) in [5.74, 6) is 0. The Morgan fingerprint density at radius 2 is 1.05 bits per heavy atom. The molecular formula is C17H12OS4. The van der Waals surface area contributed by atoms with Crippen molar-refractivity contribution in [1.29, 1.82) is 0 Å². The van der Waals surface area contributed by atoms with Crippen molar-refractivity contribution in [3.63, 3.8) is 0 Å². The van der Waals surface area contributed by atoms with Crippen molar-refractivity contribution in [2.75, 3.05) is 0 Å². The molecule has 0 fully saturated rings. The molecule has 0 aliphatic carbocycles. The predicted octanol–water partition coefficient (Wildman–Crippen LogP) is 5.85. The van der Waals surface area contributed by atoms with Gasteiger partial charge in [-0.2, -0.15) is 0 Å². The van der Waals surface area contributed by atoms with Gasteiger partial charge in [-0.25, -0.2) is 0 Å². The smallest absolute Gasteiger partial charge is 0.265 e. The van der Waals surface area contributed by atoms with Crippen molar-refractivity contribution in [1.82, 2.24) is 0 Å². The highest BCUT2D eigenvalue weighted by Crippen LogP contribution is 2.60. The van der Waals surface area contributed by atoms with E-state index < -0.39 is 0 Å². The Hall–Kier alpha value is -1.01. The van der Waals surface area contributed by atoms with Crippen LogP contribution < -0.4 is 4.06 Å². The zero-order chi connectivity index (χ0) is 14.9. The SMILES string of the molecule is O=c1sc2c(s1)SC(c1ccccc1)C(c1ccccc1)S2. The van der Waals surface area contributed by atoms with Gasteiger partial charge in [-0.15, -0.1) is 23.5 Å². The third kappa shape index (κ3) is 2.78. The van der Waals surface area contributed by atoms with Crippen LogP contribution in [0.25, 0.3) is 0 Å². The van der Waals surface area contributed by atoms with Gasteiger partial charge in [0.2, 0.25) is 0 Å². The van der Waals surface area contributed by atoms with E-state index in [0.717, 1.165) is 0 Å². The summed E-state index contributed by atoms with van der Waals surface area (Å²) in [5.41, 5.74) is 2.65. The highest BCUT2D eigenvalue weighted by Gasteiger charge is 2.34. The number of hydrogen-bond donors (Lipinski definition) is 0. The molecule has 1 nitrogen and oxygen atoms in total. The van der Waals surface area contributed by atoms with Crippen LogP contribution in [-0.4, -0.2) is 0 Å². The van der Waals surface area contributed by atoms with Gasteiger partial charge in [0.25, 0.3) is 4.06 Å². The van der Waals surface area contributed by atoms with E-state index in [1.807, 2.05) is 23.5 Å². The predicted molar refractivity (Wildman–Crippen MR) is 98.5 cm³/mol. The van der Waals surface area contributed by atoms with Crippen LogP contribution in [0.3, 0.4) is 0 Å². The number of rotatable bonds is 2. The average Bonchev–Trinajstić information content (AvgIpc) is 2.94. The molecule has 2 aromatic carbocycles. The van der Waals surface area contributed by atoms with E-state index in [-0.39, 0.29) is 4.06 Å². The van der Waals surface area contributed by atoms with Crippen molar-refractivity contribution in [2.45, 2.75) is 18.9 Å². The van der Waals surface area contributed by atoms with Gasteiger partial charge in [0.05, 0.1) is 18.9 Å². The van der Waals surface area contributed by atoms with Crippen LogP contribution in [0.1, 0.15) is 21.6 Å². The summed E-state index contributed by atoms with van der Waals surface area (Å²) in [6.45, 7) is 0. The number of benzene rings is 2. The Labute approximate surface area is 145 Å². The monoisotopic (exact) mass is 360 g/mol. The molecule has 2 atom stereocenters. The van der Waals surface area contributed by atoms with Crippen LogP contribution in [0.2, 0.25) is 0 Å². The number of thioether (sulfide) groups is 2. The summed E-state index contributed by atoms with van der Waals surface area (Å²) < 4.78 is 2.56. The molecule has 1 aliphatic rings. The molecule has 0 N–H and O–H groups in total. The van der Waals surface area contributed by atoms with Gasteiger partial charge < -0.3 is 0 Å². The van der Waals surface area contributed by atoms with Crippen LogP contribution in [0.15, 0.2) is 73.9 Å². The molecular weight excluding hydrogens is 348 g/mol. The zero-order valence-corrected chi connectivity index (χ0v) is 14.7. The number of fused-ring (bicyclic) bond motifs is 1. The molecule has 1 aliphatic heterocycles. The molecule has 0 amide bonds. The summed E-state index contributed by atoms with van der Waals surface area (Å²) in [6, 6.07) is 21.2. The zero-order valence-electron chi connectivity index (χ0n) is 11.5.